The minimum Gasteiger partial charge on any atom is -0.385 e. The molecule has 0 bridgehead atoms. The van der Waals surface area contributed by atoms with Crippen molar-refractivity contribution in [3.63, 3.8) is 0 Å². The maximum atomic E-state index is 12.2. The van der Waals surface area contributed by atoms with Crippen molar-refractivity contribution in [2.45, 2.75) is 19.0 Å². The van der Waals surface area contributed by atoms with E-state index >= 15 is 0 Å². The van der Waals surface area contributed by atoms with Crippen LogP contribution in [0.15, 0.2) is 17.5 Å². The fourth-order valence-corrected chi connectivity index (χ4v) is 3.10. The molecule has 0 saturated carbocycles. The molecular weight excluding hydrogens is 274 g/mol. The quantitative estimate of drug-likeness (QED) is 0.842. The minimum atomic E-state index is -0.432. The molecule has 2 heterocycles. The highest BCUT2D eigenvalue weighted by Crippen LogP contribution is 2.14. The average Bonchev–Trinajstić information content (AvgIpc) is 2.97. The van der Waals surface area contributed by atoms with Crippen molar-refractivity contribution in [1.29, 1.82) is 0 Å². The lowest BCUT2D eigenvalue weighted by Crippen LogP contribution is -2.53. The van der Waals surface area contributed by atoms with Gasteiger partial charge in [0.15, 0.2) is 0 Å². The molecule has 0 radical (unpaired) electrons. The van der Waals surface area contributed by atoms with Crippen LogP contribution in [-0.2, 0) is 16.1 Å². The Hall–Kier alpha value is -0.950. The maximum absolute atomic E-state index is 12.2. The number of nitrogens with zero attached hydrogens (tertiary/aromatic N) is 2. The summed E-state index contributed by atoms with van der Waals surface area (Å²) < 4.78 is 4.97. The summed E-state index contributed by atoms with van der Waals surface area (Å²) in [6.45, 7) is 4.89. The van der Waals surface area contributed by atoms with Gasteiger partial charge >= 0.3 is 0 Å². The number of hydrogen-bond acceptors (Lipinski definition) is 5. The molecule has 5 nitrogen and oxygen atoms in total. The number of amides is 1. The predicted octanol–water partition coefficient (Wildman–Crippen LogP) is 0.756. The summed E-state index contributed by atoms with van der Waals surface area (Å²) in [5.41, 5.74) is 5.90. The molecule has 1 aliphatic rings. The molecule has 1 fully saturated rings. The number of methoxy groups -OCH3 is 1. The zero-order chi connectivity index (χ0) is 14.4. The number of carbonyl (C=O) groups is 1. The Morgan fingerprint density at radius 3 is 2.80 bits per heavy atom. The lowest BCUT2D eigenvalue weighted by Gasteiger charge is -2.35. The summed E-state index contributed by atoms with van der Waals surface area (Å²) in [6, 6.07) is 3.80. The van der Waals surface area contributed by atoms with Gasteiger partial charge in [0, 0.05) is 51.3 Å². The van der Waals surface area contributed by atoms with Crippen LogP contribution >= 0.6 is 11.3 Å². The molecule has 1 unspecified atom stereocenters. The molecule has 20 heavy (non-hydrogen) atoms. The molecule has 1 aromatic rings. The van der Waals surface area contributed by atoms with Crippen LogP contribution in [0.1, 0.15) is 11.3 Å². The van der Waals surface area contributed by atoms with E-state index in [-0.39, 0.29) is 5.91 Å². The van der Waals surface area contributed by atoms with Crippen LogP contribution in [0.4, 0.5) is 0 Å². The van der Waals surface area contributed by atoms with Gasteiger partial charge in [-0.25, -0.2) is 0 Å². The zero-order valence-corrected chi connectivity index (χ0v) is 12.8. The zero-order valence-electron chi connectivity index (χ0n) is 12.0. The van der Waals surface area contributed by atoms with E-state index in [1.54, 1.807) is 18.4 Å². The van der Waals surface area contributed by atoms with Crippen molar-refractivity contribution in [2.24, 2.45) is 5.73 Å². The number of carbonyl (C=O) groups excluding carboxylic acids is 1. The molecule has 2 N–H and O–H groups in total. The van der Waals surface area contributed by atoms with E-state index in [1.165, 1.54) is 4.88 Å². The number of rotatable bonds is 6. The first-order chi connectivity index (χ1) is 9.70. The molecule has 0 aromatic carbocycles. The third-order valence-corrected chi connectivity index (χ3v) is 4.45. The smallest absolute Gasteiger partial charge is 0.239 e. The summed E-state index contributed by atoms with van der Waals surface area (Å²) in [7, 11) is 1.63. The first-order valence-corrected chi connectivity index (χ1v) is 7.86. The third-order valence-electron chi connectivity index (χ3n) is 3.59. The summed E-state index contributed by atoms with van der Waals surface area (Å²) in [6.07, 6.45) is 0.588. The number of ether oxygens (including phenoxy) is 1. The molecular formula is C14H23N3O2S. The molecule has 112 valence electrons. The summed E-state index contributed by atoms with van der Waals surface area (Å²) >= 11 is 1.78. The largest absolute Gasteiger partial charge is 0.385 e. The molecule has 1 aromatic heterocycles. The first kappa shape index (κ1) is 15.4. The molecule has 6 heteroatoms. The Kier molecular flexibility index (Phi) is 5.97. The van der Waals surface area contributed by atoms with Crippen molar-refractivity contribution in [2.75, 3.05) is 39.9 Å². The van der Waals surface area contributed by atoms with E-state index in [0.29, 0.717) is 13.0 Å². The van der Waals surface area contributed by atoms with Crippen LogP contribution in [-0.4, -0.2) is 61.6 Å². The van der Waals surface area contributed by atoms with Gasteiger partial charge in [-0.1, -0.05) is 6.07 Å². The Morgan fingerprint density at radius 2 is 2.20 bits per heavy atom. The third kappa shape index (κ3) is 4.28. The van der Waals surface area contributed by atoms with E-state index in [0.717, 1.165) is 32.7 Å². The van der Waals surface area contributed by atoms with Gasteiger partial charge < -0.3 is 15.4 Å². The number of piperazine rings is 1. The topological polar surface area (TPSA) is 58.8 Å². The van der Waals surface area contributed by atoms with Crippen LogP contribution < -0.4 is 5.73 Å². The molecule has 2 rings (SSSR count). The van der Waals surface area contributed by atoms with Crippen LogP contribution in [0.3, 0.4) is 0 Å². The maximum Gasteiger partial charge on any atom is 0.239 e. The van der Waals surface area contributed by atoms with Crippen molar-refractivity contribution < 1.29 is 9.53 Å². The van der Waals surface area contributed by atoms with E-state index in [4.69, 9.17) is 10.5 Å². The molecule has 1 saturated heterocycles. The van der Waals surface area contributed by atoms with Gasteiger partial charge in [-0.2, -0.15) is 0 Å². The summed E-state index contributed by atoms with van der Waals surface area (Å²) in [4.78, 5) is 17.8. The average molecular weight is 297 g/mol. The fraction of sp³-hybridized carbons (Fsp3) is 0.643. The Morgan fingerprint density at radius 1 is 1.45 bits per heavy atom. The number of thiophene rings is 1. The van der Waals surface area contributed by atoms with E-state index in [2.05, 4.69) is 22.4 Å². The van der Waals surface area contributed by atoms with E-state index in [1.807, 2.05) is 4.90 Å². The van der Waals surface area contributed by atoms with Crippen LogP contribution in [0.5, 0.6) is 0 Å². The highest BCUT2D eigenvalue weighted by Gasteiger charge is 2.25. The molecule has 1 amide bonds. The second-order valence-corrected chi connectivity index (χ2v) is 6.10. The van der Waals surface area contributed by atoms with Gasteiger partial charge in [-0.05, 0) is 17.9 Å². The monoisotopic (exact) mass is 297 g/mol. The van der Waals surface area contributed by atoms with Gasteiger partial charge in [0.25, 0.3) is 0 Å². The SMILES string of the molecule is COCCC(N)C(=O)N1CCN(Cc2cccs2)CC1. The first-order valence-electron chi connectivity index (χ1n) is 6.98. The molecule has 1 aliphatic heterocycles. The highest BCUT2D eigenvalue weighted by atomic mass is 32.1. The lowest BCUT2D eigenvalue weighted by atomic mass is 10.2. The van der Waals surface area contributed by atoms with Crippen molar-refractivity contribution >= 4 is 17.2 Å². The Balaban J connectivity index is 1.74. The molecule has 1 atom stereocenters. The van der Waals surface area contributed by atoms with Gasteiger partial charge in [0.1, 0.15) is 0 Å². The normalized spacial score (nSPS) is 18.2. The van der Waals surface area contributed by atoms with E-state index < -0.39 is 6.04 Å². The van der Waals surface area contributed by atoms with Gasteiger partial charge in [0.2, 0.25) is 5.91 Å². The number of nitrogens with two attached hydrogens (primary N) is 1. The second kappa shape index (κ2) is 7.73. The van der Waals surface area contributed by atoms with Crippen LogP contribution in [0.25, 0.3) is 0 Å². The summed E-state index contributed by atoms with van der Waals surface area (Å²) in [5, 5.41) is 2.10. The predicted molar refractivity (Wildman–Crippen MR) is 80.6 cm³/mol. The minimum absolute atomic E-state index is 0.0535. The highest BCUT2D eigenvalue weighted by molar-refractivity contribution is 7.09. The number of hydrogen-bond donors (Lipinski definition) is 1. The van der Waals surface area contributed by atoms with Crippen molar-refractivity contribution in [1.82, 2.24) is 9.80 Å². The fourth-order valence-electron chi connectivity index (χ4n) is 2.35. The van der Waals surface area contributed by atoms with Crippen molar-refractivity contribution in [3.05, 3.63) is 22.4 Å². The molecule has 0 aliphatic carbocycles. The van der Waals surface area contributed by atoms with Gasteiger partial charge in [-0.3, -0.25) is 9.69 Å². The summed E-state index contributed by atoms with van der Waals surface area (Å²) in [5.74, 6) is 0.0535. The van der Waals surface area contributed by atoms with Gasteiger partial charge in [-0.15, -0.1) is 11.3 Å². The standard InChI is InChI=1S/C14H23N3O2S/c1-19-9-4-13(15)14(18)17-7-5-16(6-8-17)11-12-3-2-10-20-12/h2-3,10,13H,4-9,11,15H2,1H3. The Bertz CT molecular complexity index is 403. The molecule has 0 spiro atoms. The Labute approximate surface area is 124 Å². The lowest BCUT2D eigenvalue weighted by molar-refractivity contribution is -0.134. The van der Waals surface area contributed by atoms with Gasteiger partial charge in [0.05, 0.1) is 6.04 Å². The van der Waals surface area contributed by atoms with Crippen LogP contribution in [0, 0.1) is 0 Å². The van der Waals surface area contributed by atoms with E-state index in [9.17, 15) is 4.79 Å². The van der Waals surface area contributed by atoms with Crippen LogP contribution in [0.2, 0.25) is 0 Å². The second-order valence-electron chi connectivity index (χ2n) is 5.07. The van der Waals surface area contributed by atoms with Crippen molar-refractivity contribution in [3.8, 4) is 0 Å².